The fourth-order valence-corrected chi connectivity index (χ4v) is 3.68. The number of oxazole rings is 1. The Bertz CT molecular complexity index is 740. The Balaban J connectivity index is 1.85. The summed E-state index contributed by atoms with van der Waals surface area (Å²) in [6, 6.07) is 5.48. The molecule has 146 valence electrons. The summed E-state index contributed by atoms with van der Waals surface area (Å²) in [7, 11) is 0. The summed E-state index contributed by atoms with van der Waals surface area (Å²) in [5.74, 6) is 1.30. The first kappa shape index (κ1) is 19.2. The molecule has 0 amide bonds. The Morgan fingerprint density at radius 3 is 2.74 bits per heavy atom. The second-order valence-corrected chi connectivity index (χ2v) is 7.46. The predicted molar refractivity (Wildman–Crippen MR) is 103 cm³/mol. The number of ether oxygens (including phenoxy) is 1. The molecule has 1 aliphatic carbocycles. The van der Waals surface area contributed by atoms with Crippen LogP contribution < -0.4 is 9.64 Å². The molecule has 0 aliphatic heterocycles. The van der Waals surface area contributed by atoms with Crippen molar-refractivity contribution in [3.05, 3.63) is 46.7 Å². The van der Waals surface area contributed by atoms with Crippen molar-refractivity contribution in [2.45, 2.75) is 58.6 Å². The SMILES string of the molecule is CC(C)CN(c1ccc(OCc2ncco2)cc1[N+](=O)[O-])C1CCCCC1. The van der Waals surface area contributed by atoms with Gasteiger partial charge in [0.2, 0.25) is 5.89 Å². The van der Waals surface area contributed by atoms with E-state index in [-0.39, 0.29) is 17.2 Å². The van der Waals surface area contributed by atoms with Crippen LogP contribution in [-0.4, -0.2) is 22.5 Å². The zero-order chi connectivity index (χ0) is 19.2. The summed E-state index contributed by atoms with van der Waals surface area (Å²) in [5.41, 5.74) is 0.773. The van der Waals surface area contributed by atoms with Crippen molar-refractivity contribution in [1.29, 1.82) is 0 Å². The van der Waals surface area contributed by atoms with E-state index in [1.807, 2.05) is 6.07 Å². The van der Waals surface area contributed by atoms with Gasteiger partial charge >= 0.3 is 0 Å². The van der Waals surface area contributed by atoms with Gasteiger partial charge in [-0.1, -0.05) is 33.1 Å². The molecule has 1 aliphatic rings. The van der Waals surface area contributed by atoms with E-state index in [0.29, 0.717) is 29.3 Å². The van der Waals surface area contributed by atoms with Gasteiger partial charge in [-0.25, -0.2) is 4.98 Å². The molecule has 0 unspecified atom stereocenters. The Morgan fingerprint density at radius 1 is 1.33 bits per heavy atom. The molecule has 27 heavy (non-hydrogen) atoms. The Labute approximate surface area is 159 Å². The molecule has 1 aromatic heterocycles. The average Bonchev–Trinajstić information content (AvgIpc) is 3.18. The van der Waals surface area contributed by atoms with Gasteiger partial charge in [0.1, 0.15) is 17.7 Å². The van der Waals surface area contributed by atoms with Crippen LogP contribution in [0.1, 0.15) is 51.8 Å². The molecule has 3 rings (SSSR count). The van der Waals surface area contributed by atoms with Crippen LogP contribution in [-0.2, 0) is 6.61 Å². The lowest BCUT2D eigenvalue weighted by molar-refractivity contribution is -0.384. The lowest BCUT2D eigenvalue weighted by atomic mass is 9.93. The summed E-state index contributed by atoms with van der Waals surface area (Å²) >= 11 is 0. The summed E-state index contributed by atoms with van der Waals surface area (Å²) < 4.78 is 10.8. The summed E-state index contributed by atoms with van der Waals surface area (Å²) in [4.78, 5) is 17.7. The third-order valence-electron chi connectivity index (χ3n) is 4.88. The van der Waals surface area contributed by atoms with Gasteiger partial charge in [-0.2, -0.15) is 0 Å². The van der Waals surface area contributed by atoms with Gasteiger partial charge in [0.25, 0.3) is 5.69 Å². The highest BCUT2D eigenvalue weighted by molar-refractivity contribution is 5.66. The number of anilines is 1. The normalized spacial score (nSPS) is 15.1. The molecule has 0 N–H and O–H groups in total. The van der Waals surface area contributed by atoms with Crippen molar-refractivity contribution in [3.63, 3.8) is 0 Å². The van der Waals surface area contributed by atoms with Crippen LogP contribution in [0.15, 0.2) is 35.1 Å². The minimum atomic E-state index is -0.316. The summed E-state index contributed by atoms with van der Waals surface area (Å²) in [6.45, 7) is 5.24. The number of benzene rings is 1. The van der Waals surface area contributed by atoms with Crippen molar-refractivity contribution < 1.29 is 14.1 Å². The topological polar surface area (TPSA) is 81.6 Å². The third-order valence-corrected chi connectivity index (χ3v) is 4.88. The fraction of sp³-hybridized carbons (Fsp3) is 0.550. The number of nitrogens with zero attached hydrogens (tertiary/aromatic N) is 3. The van der Waals surface area contributed by atoms with Crippen LogP contribution >= 0.6 is 0 Å². The molecule has 0 bridgehead atoms. The van der Waals surface area contributed by atoms with Crippen molar-refractivity contribution in [3.8, 4) is 5.75 Å². The number of aromatic nitrogens is 1. The molecule has 7 nitrogen and oxygen atoms in total. The maximum atomic E-state index is 11.8. The van der Waals surface area contributed by atoms with E-state index in [1.54, 1.807) is 6.07 Å². The van der Waals surface area contributed by atoms with E-state index in [1.165, 1.54) is 37.8 Å². The largest absolute Gasteiger partial charge is 0.484 e. The third kappa shape index (κ3) is 4.99. The van der Waals surface area contributed by atoms with Gasteiger partial charge in [-0.05, 0) is 30.9 Å². The van der Waals surface area contributed by atoms with Crippen LogP contribution in [0.5, 0.6) is 5.75 Å². The highest BCUT2D eigenvalue weighted by Gasteiger charge is 2.28. The first-order chi connectivity index (χ1) is 13.0. The van der Waals surface area contributed by atoms with Crippen LogP contribution in [0.3, 0.4) is 0 Å². The van der Waals surface area contributed by atoms with E-state index < -0.39 is 0 Å². The number of nitro benzene ring substituents is 1. The van der Waals surface area contributed by atoms with Gasteiger partial charge in [0, 0.05) is 12.6 Å². The highest BCUT2D eigenvalue weighted by atomic mass is 16.6. The number of hydrogen-bond acceptors (Lipinski definition) is 6. The summed E-state index contributed by atoms with van der Waals surface area (Å²) in [5, 5.41) is 11.8. The van der Waals surface area contributed by atoms with Crippen molar-refractivity contribution in [2.75, 3.05) is 11.4 Å². The monoisotopic (exact) mass is 373 g/mol. The molecule has 0 radical (unpaired) electrons. The minimum absolute atomic E-state index is 0.0890. The second kappa shape index (κ2) is 8.88. The Morgan fingerprint density at radius 2 is 2.11 bits per heavy atom. The van der Waals surface area contributed by atoms with E-state index in [2.05, 4.69) is 23.7 Å². The zero-order valence-corrected chi connectivity index (χ0v) is 16.0. The van der Waals surface area contributed by atoms with E-state index in [9.17, 15) is 10.1 Å². The maximum absolute atomic E-state index is 11.8. The molecule has 1 aromatic carbocycles. The van der Waals surface area contributed by atoms with Crippen molar-refractivity contribution >= 4 is 11.4 Å². The lowest BCUT2D eigenvalue weighted by Crippen LogP contribution is -2.39. The Hall–Kier alpha value is -2.57. The first-order valence-corrected chi connectivity index (χ1v) is 9.61. The van der Waals surface area contributed by atoms with Crippen LogP contribution in [0.25, 0.3) is 0 Å². The highest BCUT2D eigenvalue weighted by Crippen LogP contribution is 2.36. The Kier molecular flexibility index (Phi) is 6.32. The molecular weight excluding hydrogens is 346 g/mol. The molecule has 7 heteroatoms. The van der Waals surface area contributed by atoms with Crippen LogP contribution in [0.4, 0.5) is 11.4 Å². The van der Waals surface area contributed by atoms with Crippen LogP contribution in [0, 0.1) is 16.0 Å². The number of rotatable bonds is 8. The molecule has 0 saturated heterocycles. The average molecular weight is 373 g/mol. The molecule has 1 heterocycles. The maximum Gasteiger partial charge on any atom is 0.296 e. The van der Waals surface area contributed by atoms with E-state index in [4.69, 9.17) is 9.15 Å². The zero-order valence-electron chi connectivity index (χ0n) is 16.0. The fourth-order valence-electron chi connectivity index (χ4n) is 3.68. The smallest absolute Gasteiger partial charge is 0.296 e. The quantitative estimate of drug-likeness (QED) is 0.481. The van der Waals surface area contributed by atoms with Gasteiger partial charge in [-0.3, -0.25) is 10.1 Å². The molecule has 1 saturated carbocycles. The van der Waals surface area contributed by atoms with Gasteiger partial charge in [0.05, 0.1) is 17.2 Å². The molecule has 0 atom stereocenters. The first-order valence-electron chi connectivity index (χ1n) is 9.61. The molecule has 1 fully saturated rings. The molecule has 2 aromatic rings. The second-order valence-electron chi connectivity index (χ2n) is 7.46. The molecular formula is C20H27N3O4. The molecule has 0 spiro atoms. The van der Waals surface area contributed by atoms with Gasteiger partial charge < -0.3 is 14.1 Å². The van der Waals surface area contributed by atoms with Gasteiger partial charge in [0.15, 0.2) is 6.61 Å². The number of nitro groups is 1. The standard InChI is InChI=1S/C20H27N3O4/c1-15(2)13-22(16-6-4-3-5-7-16)18-9-8-17(12-19(18)23(24)25)27-14-20-21-10-11-26-20/h8-12,15-16H,3-7,13-14H2,1-2H3. The predicted octanol–water partition coefficient (Wildman–Crippen LogP) is 4.96. The number of hydrogen-bond donors (Lipinski definition) is 0. The van der Waals surface area contributed by atoms with E-state index in [0.717, 1.165) is 19.4 Å². The minimum Gasteiger partial charge on any atom is -0.484 e. The lowest BCUT2D eigenvalue weighted by Gasteiger charge is -2.37. The van der Waals surface area contributed by atoms with Crippen LogP contribution in [0.2, 0.25) is 0 Å². The van der Waals surface area contributed by atoms with Crippen molar-refractivity contribution in [1.82, 2.24) is 4.98 Å². The van der Waals surface area contributed by atoms with Gasteiger partial charge in [-0.15, -0.1) is 0 Å². The van der Waals surface area contributed by atoms with E-state index >= 15 is 0 Å². The summed E-state index contributed by atoms with van der Waals surface area (Å²) in [6.07, 6.45) is 8.81. The van der Waals surface area contributed by atoms with Crippen molar-refractivity contribution in [2.24, 2.45) is 5.92 Å².